The summed E-state index contributed by atoms with van der Waals surface area (Å²) in [6, 6.07) is 2.60. The monoisotopic (exact) mass is 372 g/mol. The molecule has 2 aliphatic rings. The van der Waals surface area contributed by atoms with Gasteiger partial charge < -0.3 is 5.73 Å². The van der Waals surface area contributed by atoms with E-state index in [-0.39, 0.29) is 0 Å². The Hall–Kier alpha value is -1.39. The predicted molar refractivity (Wildman–Crippen MR) is 106 cm³/mol. The Bertz CT molecular complexity index is 757. The summed E-state index contributed by atoms with van der Waals surface area (Å²) in [4.78, 5) is 4.59. The maximum atomic E-state index is 6.52. The lowest BCUT2D eigenvalue weighted by Gasteiger charge is -2.25. The van der Waals surface area contributed by atoms with E-state index in [4.69, 9.17) is 17.3 Å². The van der Waals surface area contributed by atoms with Crippen LogP contribution in [0.15, 0.2) is 18.5 Å². The molecule has 0 unspecified atom stereocenters. The Labute approximate surface area is 161 Å². The molecule has 0 aliphatic heterocycles. The van der Waals surface area contributed by atoms with Gasteiger partial charge in [-0.25, -0.2) is 0 Å². The highest BCUT2D eigenvalue weighted by Gasteiger charge is 2.25. The van der Waals surface area contributed by atoms with Crippen LogP contribution < -0.4 is 5.73 Å². The van der Waals surface area contributed by atoms with Gasteiger partial charge in [-0.1, -0.05) is 11.6 Å². The van der Waals surface area contributed by atoms with Crippen LogP contribution in [-0.4, -0.2) is 20.8 Å². The maximum Gasteiger partial charge on any atom is 0.0669 e. The summed E-state index contributed by atoms with van der Waals surface area (Å²) < 4.78 is 2.01. The molecule has 5 heteroatoms. The van der Waals surface area contributed by atoms with Crippen molar-refractivity contribution in [3.63, 3.8) is 0 Å². The second-order valence-corrected chi connectivity index (χ2v) is 8.66. The highest BCUT2D eigenvalue weighted by Crippen LogP contribution is 2.37. The number of hydrogen-bond acceptors (Lipinski definition) is 3. The van der Waals surface area contributed by atoms with Crippen molar-refractivity contribution >= 4 is 11.6 Å². The number of pyridine rings is 1. The second kappa shape index (κ2) is 7.69. The molecule has 4 nitrogen and oxygen atoms in total. The summed E-state index contributed by atoms with van der Waals surface area (Å²) in [7, 11) is 2.03. The summed E-state index contributed by atoms with van der Waals surface area (Å²) in [6.07, 6.45) is 14.6. The number of aryl methyl sites for hydroxylation is 2. The minimum Gasteiger partial charge on any atom is -0.328 e. The highest BCUT2D eigenvalue weighted by molar-refractivity contribution is 6.33. The molecule has 2 saturated carbocycles. The third-order valence-corrected chi connectivity index (χ3v) is 6.44. The molecule has 2 aliphatic carbocycles. The lowest BCUT2D eigenvalue weighted by atomic mass is 9.83. The van der Waals surface area contributed by atoms with Crippen LogP contribution in [0.1, 0.15) is 56.3 Å². The summed E-state index contributed by atoms with van der Waals surface area (Å²) in [5.74, 6) is 1.61. The lowest BCUT2D eigenvalue weighted by Crippen LogP contribution is -2.26. The van der Waals surface area contributed by atoms with Crippen LogP contribution in [0.25, 0.3) is 11.1 Å². The fraction of sp³-hybridized carbons (Fsp3) is 0.619. The molecule has 0 radical (unpaired) electrons. The van der Waals surface area contributed by atoms with E-state index in [0.29, 0.717) is 6.04 Å². The molecule has 26 heavy (non-hydrogen) atoms. The van der Waals surface area contributed by atoms with E-state index in [1.165, 1.54) is 56.2 Å². The van der Waals surface area contributed by atoms with Crippen LogP contribution in [0.2, 0.25) is 5.02 Å². The third kappa shape index (κ3) is 4.12. The van der Waals surface area contributed by atoms with Gasteiger partial charge in [-0.15, -0.1) is 0 Å². The number of nitrogens with two attached hydrogens (primary N) is 1. The number of aromatic nitrogens is 3. The Morgan fingerprint density at radius 2 is 1.81 bits per heavy atom. The standard InChI is InChI=1S/C21H29ClN4/c1-26-21(10-15-2-3-15)19(12-25-26)18-11-17(24-13-20(18)22)9-6-14-4-7-16(23)8-5-14/h11-16H,2-10,23H2,1H3/t14-,16-. The van der Waals surface area contributed by atoms with Crippen molar-refractivity contribution in [2.75, 3.05) is 0 Å². The zero-order valence-electron chi connectivity index (χ0n) is 15.6. The predicted octanol–water partition coefficient (Wildman–Crippen LogP) is 4.54. The number of hydrogen-bond donors (Lipinski definition) is 1. The van der Waals surface area contributed by atoms with Gasteiger partial charge >= 0.3 is 0 Å². The van der Waals surface area contributed by atoms with Crippen molar-refractivity contribution in [3.8, 4) is 11.1 Å². The Morgan fingerprint density at radius 1 is 1.08 bits per heavy atom. The van der Waals surface area contributed by atoms with E-state index in [1.807, 2.05) is 24.1 Å². The molecular weight excluding hydrogens is 344 g/mol. The van der Waals surface area contributed by atoms with Crippen LogP contribution in [0, 0.1) is 11.8 Å². The smallest absolute Gasteiger partial charge is 0.0669 e. The Balaban J connectivity index is 1.49. The van der Waals surface area contributed by atoms with Crippen LogP contribution >= 0.6 is 11.6 Å². The molecule has 0 amide bonds. The minimum absolute atomic E-state index is 0.418. The summed E-state index contributed by atoms with van der Waals surface area (Å²) in [5, 5.41) is 5.22. The van der Waals surface area contributed by atoms with Crippen LogP contribution in [-0.2, 0) is 19.9 Å². The Morgan fingerprint density at radius 3 is 2.54 bits per heavy atom. The van der Waals surface area contributed by atoms with Crippen molar-refractivity contribution in [2.45, 2.75) is 63.8 Å². The van der Waals surface area contributed by atoms with Crippen molar-refractivity contribution in [2.24, 2.45) is 24.6 Å². The maximum absolute atomic E-state index is 6.52. The lowest BCUT2D eigenvalue weighted by molar-refractivity contribution is 0.310. The van der Waals surface area contributed by atoms with Crippen molar-refractivity contribution < 1.29 is 0 Å². The second-order valence-electron chi connectivity index (χ2n) is 8.25. The fourth-order valence-electron chi connectivity index (χ4n) is 4.18. The first-order chi connectivity index (χ1) is 12.6. The first kappa shape index (κ1) is 18.0. The van der Waals surface area contributed by atoms with Crippen LogP contribution in [0.5, 0.6) is 0 Å². The first-order valence-corrected chi connectivity index (χ1v) is 10.4. The fourth-order valence-corrected chi connectivity index (χ4v) is 4.38. The molecule has 0 atom stereocenters. The molecule has 2 heterocycles. The summed E-state index contributed by atoms with van der Waals surface area (Å²) >= 11 is 6.52. The number of rotatable bonds is 6. The van der Waals surface area contributed by atoms with Crippen LogP contribution in [0.3, 0.4) is 0 Å². The van der Waals surface area contributed by atoms with Gasteiger partial charge in [-0.3, -0.25) is 9.67 Å². The number of nitrogens with zero attached hydrogens (tertiary/aromatic N) is 3. The van der Waals surface area contributed by atoms with Gasteiger partial charge in [0.05, 0.1) is 11.2 Å². The Kier molecular flexibility index (Phi) is 5.32. The van der Waals surface area contributed by atoms with Gasteiger partial charge in [0, 0.05) is 41.8 Å². The van der Waals surface area contributed by atoms with E-state index in [1.54, 1.807) is 0 Å². The van der Waals surface area contributed by atoms with E-state index in [0.717, 1.165) is 41.0 Å². The first-order valence-electron chi connectivity index (χ1n) is 10.0. The largest absolute Gasteiger partial charge is 0.328 e. The van der Waals surface area contributed by atoms with Crippen molar-refractivity contribution in [1.29, 1.82) is 0 Å². The molecule has 0 spiro atoms. The quantitative estimate of drug-likeness (QED) is 0.809. The van der Waals surface area contributed by atoms with Gasteiger partial charge in [0.2, 0.25) is 0 Å². The van der Waals surface area contributed by atoms with Crippen LogP contribution in [0.4, 0.5) is 0 Å². The summed E-state index contributed by atoms with van der Waals surface area (Å²) in [6.45, 7) is 0. The average molecular weight is 373 g/mol. The average Bonchev–Trinajstić information content (AvgIpc) is 3.39. The topological polar surface area (TPSA) is 56.7 Å². The number of halogens is 1. The zero-order valence-corrected chi connectivity index (χ0v) is 16.4. The van der Waals surface area contributed by atoms with Crippen molar-refractivity contribution in [3.05, 3.63) is 34.9 Å². The van der Waals surface area contributed by atoms with E-state index in [9.17, 15) is 0 Å². The molecule has 0 saturated heterocycles. The normalized spacial score (nSPS) is 23.3. The van der Waals surface area contributed by atoms with Gasteiger partial charge in [0.1, 0.15) is 0 Å². The molecular formula is C21H29ClN4. The molecule has 2 aromatic rings. The highest BCUT2D eigenvalue weighted by atomic mass is 35.5. The molecule has 2 N–H and O–H groups in total. The minimum atomic E-state index is 0.418. The SMILES string of the molecule is Cn1ncc(-c2cc(CC[C@H]3CC[C@H](N)CC3)ncc2Cl)c1CC1CC1. The van der Waals surface area contributed by atoms with E-state index >= 15 is 0 Å². The van der Waals surface area contributed by atoms with Gasteiger partial charge in [0.15, 0.2) is 0 Å². The van der Waals surface area contributed by atoms with Gasteiger partial charge in [-0.2, -0.15) is 5.10 Å². The van der Waals surface area contributed by atoms with Crippen molar-refractivity contribution in [1.82, 2.24) is 14.8 Å². The molecule has 2 fully saturated rings. The molecule has 2 aromatic heterocycles. The third-order valence-electron chi connectivity index (χ3n) is 6.14. The van der Waals surface area contributed by atoms with E-state index < -0.39 is 0 Å². The summed E-state index contributed by atoms with van der Waals surface area (Å²) in [5.41, 5.74) is 10.7. The molecule has 4 rings (SSSR count). The zero-order chi connectivity index (χ0) is 18.1. The molecule has 0 aromatic carbocycles. The van der Waals surface area contributed by atoms with Gasteiger partial charge in [0.25, 0.3) is 0 Å². The molecule has 140 valence electrons. The van der Waals surface area contributed by atoms with Gasteiger partial charge in [-0.05, 0) is 75.7 Å². The van der Waals surface area contributed by atoms with E-state index in [2.05, 4.69) is 16.1 Å². The molecule has 0 bridgehead atoms.